The Hall–Kier alpha value is -1.10. The molecule has 17 heavy (non-hydrogen) atoms. The zero-order chi connectivity index (χ0) is 13.1. The zero-order valence-electron chi connectivity index (χ0n) is 10.7. The van der Waals surface area contributed by atoms with E-state index in [0.717, 1.165) is 6.42 Å². The van der Waals surface area contributed by atoms with Crippen molar-refractivity contribution in [3.63, 3.8) is 0 Å². The summed E-state index contributed by atoms with van der Waals surface area (Å²) in [5, 5.41) is 9.32. The van der Waals surface area contributed by atoms with Crippen molar-refractivity contribution in [3.05, 3.63) is 0 Å². The number of amides is 1. The maximum atomic E-state index is 11.9. The summed E-state index contributed by atoms with van der Waals surface area (Å²) in [5.74, 6) is -0.911. The minimum absolute atomic E-state index is 0.119. The lowest BCUT2D eigenvalue weighted by Crippen LogP contribution is -2.40. The SMILES string of the molecule is CCCC1(C(=O)O)CCN(C(=O)C(C)OC)C1. The second-order valence-electron chi connectivity index (χ2n) is 4.72. The number of carboxylic acids is 1. The van der Waals surface area contributed by atoms with Crippen LogP contribution < -0.4 is 0 Å². The van der Waals surface area contributed by atoms with Gasteiger partial charge in [0.2, 0.25) is 0 Å². The molecule has 0 aromatic heterocycles. The van der Waals surface area contributed by atoms with E-state index in [1.165, 1.54) is 7.11 Å². The molecule has 0 aromatic rings. The van der Waals surface area contributed by atoms with Crippen molar-refractivity contribution < 1.29 is 19.4 Å². The van der Waals surface area contributed by atoms with Gasteiger partial charge in [-0.25, -0.2) is 0 Å². The maximum Gasteiger partial charge on any atom is 0.311 e. The lowest BCUT2D eigenvalue weighted by Gasteiger charge is -2.25. The van der Waals surface area contributed by atoms with E-state index in [4.69, 9.17) is 4.74 Å². The van der Waals surface area contributed by atoms with Crippen molar-refractivity contribution in [3.8, 4) is 0 Å². The largest absolute Gasteiger partial charge is 0.481 e. The van der Waals surface area contributed by atoms with Crippen LogP contribution in [0.5, 0.6) is 0 Å². The number of hydrogen-bond donors (Lipinski definition) is 1. The van der Waals surface area contributed by atoms with Crippen LogP contribution in [-0.2, 0) is 14.3 Å². The highest BCUT2D eigenvalue weighted by atomic mass is 16.5. The van der Waals surface area contributed by atoms with Crippen molar-refractivity contribution in [2.24, 2.45) is 5.41 Å². The highest BCUT2D eigenvalue weighted by molar-refractivity contribution is 5.83. The van der Waals surface area contributed by atoms with E-state index in [1.54, 1.807) is 11.8 Å². The summed E-state index contributed by atoms with van der Waals surface area (Å²) < 4.78 is 4.97. The minimum atomic E-state index is -0.792. The lowest BCUT2D eigenvalue weighted by molar-refractivity contribution is -0.149. The van der Waals surface area contributed by atoms with Crippen LogP contribution >= 0.6 is 0 Å². The molecule has 0 aromatic carbocycles. The van der Waals surface area contributed by atoms with Crippen LogP contribution in [0.3, 0.4) is 0 Å². The Bertz CT molecular complexity index is 305. The van der Waals surface area contributed by atoms with Gasteiger partial charge in [-0.3, -0.25) is 9.59 Å². The summed E-state index contributed by atoms with van der Waals surface area (Å²) in [6.45, 7) is 4.47. The van der Waals surface area contributed by atoms with E-state index in [2.05, 4.69) is 0 Å². The lowest BCUT2D eigenvalue weighted by atomic mass is 9.83. The second kappa shape index (κ2) is 5.49. The summed E-state index contributed by atoms with van der Waals surface area (Å²) >= 11 is 0. The Morgan fingerprint density at radius 3 is 2.65 bits per heavy atom. The van der Waals surface area contributed by atoms with Gasteiger partial charge in [0.15, 0.2) is 0 Å². The van der Waals surface area contributed by atoms with E-state index in [0.29, 0.717) is 25.9 Å². The average Bonchev–Trinajstić information content (AvgIpc) is 2.73. The number of aliphatic carboxylic acids is 1. The molecule has 0 saturated carbocycles. The number of methoxy groups -OCH3 is 1. The predicted molar refractivity (Wildman–Crippen MR) is 62.6 cm³/mol. The van der Waals surface area contributed by atoms with Gasteiger partial charge in [-0.2, -0.15) is 0 Å². The Balaban J connectivity index is 2.73. The molecule has 0 radical (unpaired) electrons. The number of rotatable bonds is 5. The van der Waals surface area contributed by atoms with Gasteiger partial charge in [0.25, 0.3) is 5.91 Å². The van der Waals surface area contributed by atoms with Crippen molar-refractivity contribution in [2.75, 3.05) is 20.2 Å². The average molecular weight is 243 g/mol. The van der Waals surface area contributed by atoms with Crippen molar-refractivity contribution in [1.82, 2.24) is 4.90 Å². The molecule has 1 saturated heterocycles. The number of nitrogens with zero attached hydrogens (tertiary/aromatic N) is 1. The van der Waals surface area contributed by atoms with Crippen LogP contribution in [0.2, 0.25) is 0 Å². The number of hydrogen-bond acceptors (Lipinski definition) is 3. The summed E-state index contributed by atoms with van der Waals surface area (Å²) in [5.41, 5.74) is -0.752. The van der Waals surface area contributed by atoms with Crippen LogP contribution in [0.4, 0.5) is 0 Å². The maximum absolute atomic E-state index is 11.9. The van der Waals surface area contributed by atoms with Gasteiger partial charge in [0.05, 0.1) is 5.41 Å². The fraction of sp³-hybridized carbons (Fsp3) is 0.833. The first kappa shape index (κ1) is 14.0. The molecule has 1 amide bonds. The van der Waals surface area contributed by atoms with Gasteiger partial charge >= 0.3 is 5.97 Å². The first-order chi connectivity index (χ1) is 7.96. The van der Waals surface area contributed by atoms with Crippen LogP contribution in [0.15, 0.2) is 0 Å². The standard InChI is InChI=1S/C12H21NO4/c1-4-5-12(11(15)16)6-7-13(8-12)10(14)9(2)17-3/h9H,4-8H2,1-3H3,(H,15,16). The summed E-state index contributed by atoms with van der Waals surface area (Å²) in [4.78, 5) is 24.9. The van der Waals surface area contributed by atoms with Crippen molar-refractivity contribution in [1.29, 1.82) is 0 Å². The van der Waals surface area contributed by atoms with Crippen molar-refractivity contribution in [2.45, 2.75) is 39.2 Å². The molecule has 5 nitrogen and oxygen atoms in total. The molecule has 0 aliphatic carbocycles. The Morgan fingerprint density at radius 2 is 2.18 bits per heavy atom. The molecule has 0 bridgehead atoms. The summed E-state index contributed by atoms with van der Waals surface area (Å²) in [6, 6.07) is 0. The third kappa shape index (κ3) is 2.77. The molecule has 1 aliphatic rings. The van der Waals surface area contributed by atoms with Crippen molar-refractivity contribution >= 4 is 11.9 Å². The Labute approximate surface area is 102 Å². The Kier molecular flexibility index (Phi) is 4.51. The summed E-state index contributed by atoms with van der Waals surface area (Å²) in [7, 11) is 1.48. The molecule has 1 aliphatic heterocycles. The summed E-state index contributed by atoms with van der Waals surface area (Å²) in [6.07, 6.45) is 1.47. The third-order valence-electron chi connectivity index (χ3n) is 3.55. The van der Waals surface area contributed by atoms with E-state index >= 15 is 0 Å². The molecule has 98 valence electrons. The van der Waals surface area contributed by atoms with E-state index in [9.17, 15) is 14.7 Å². The molecule has 2 unspecified atom stereocenters. The molecule has 1 fully saturated rings. The minimum Gasteiger partial charge on any atom is -0.481 e. The second-order valence-corrected chi connectivity index (χ2v) is 4.72. The van der Waals surface area contributed by atoms with Crippen LogP contribution in [0, 0.1) is 5.41 Å². The predicted octanol–water partition coefficient (Wildman–Crippen LogP) is 1.12. The quantitative estimate of drug-likeness (QED) is 0.786. The molecular formula is C12H21NO4. The molecule has 5 heteroatoms. The van der Waals surface area contributed by atoms with Gasteiger partial charge in [-0.1, -0.05) is 13.3 Å². The highest BCUT2D eigenvalue weighted by Crippen LogP contribution is 2.35. The third-order valence-corrected chi connectivity index (χ3v) is 3.55. The fourth-order valence-corrected chi connectivity index (χ4v) is 2.38. The first-order valence-electron chi connectivity index (χ1n) is 6.02. The number of carboxylic acid groups (broad SMARTS) is 1. The van der Waals surface area contributed by atoms with Gasteiger partial charge in [-0.05, 0) is 19.8 Å². The van der Waals surface area contributed by atoms with Crippen LogP contribution in [-0.4, -0.2) is 48.2 Å². The van der Waals surface area contributed by atoms with Gasteiger partial charge in [0.1, 0.15) is 6.10 Å². The first-order valence-corrected chi connectivity index (χ1v) is 6.02. The number of carbonyl (C=O) groups is 2. The van der Waals surface area contributed by atoms with Crippen LogP contribution in [0.25, 0.3) is 0 Å². The highest BCUT2D eigenvalue weighted by Gasteiger charge is 2.45. The fourth-order valence-electron chi connectivity index (χ4n) is 2.38. The van der Waals surface area contributed by atoms with E-state index < -0.39 is 17.5 Å². The van der Waals surface area contributed by atoms with E-state index in [-0.39, 0.29) is 5.91 Å². The molecule has 1 rings (SSSR count). The normalized spacial score (nSPS) is 25.9. The molecule has 1 N–H and O–H groups in total. The molecule has 2 atom stereocenters. The number of likely N-dealkylation sites (tertiary alicyclic amines) is 1. The van der Waals surface area contributed by atoms with Crippen LogP contribution in [0.1, 0.15) is 33.1 Å². The number of ether oxygens (including phenoxy) is 1. The van der Waals surface area contributed by atoms with E-state index in [1.807, 2.05) is 6.92 Å². The van der Waals surface area contributed by atoms with Gasteiger partial charge in [0, 0.05) is 20.2 Å². The smallest absolute Gasteiger partial charge is 0.311 e. The van der Waals surface area contributed by atoms with Gasteiger partial charge in [-0.15, -0.1) is 0 Å². The zero-order valence-corrected chi connectivity index (χ0v) is 10.7. The number of carbonyl (C=O) groups excluding carboxylic acids is 1. The Morgan fingerprint density at radius 1 is 1.53 bits per heavy atom. The topological polar surface area (TPSA) is 66.8 Å². The molecule has 1 heterocycles. The monoisotopic (exact) mass is 243 g/mol. The molecular weight excluding hydrogens is 222 g/mol. The van der Waals surface area contributed by atoms with Gasteiger partial charge < -0.3 is 14.7 Å². The molecule has 0 spiro atoms.